The van der Waals surface area contributed by atoms with Crippen LogP contribution in [-0.2, 0) is 10.0 Å². The van der Waals surface area contributed by atoms with Crippen LogP contribution in [0.3, 0.4) is 0 Å². The molecule has 1 rings (SSSR count). The molecule has 0 fully saturated rings. The second kappa shape index (κ2) is 5.56. The summed E-state index contributed by atoms with van der Waals surface area (Å²) in [5, 5.41) is 0.253. The van der Waals surface area contributed by atoms with E-state index in [0.29, 0.717) is 12.2 Å². The third kappa shape index (κ3) is 3.70. The minimum atomic E-state index is -3.40. The lowest BCUT2D eigenvalue weighted by atomic mass is 10.3. The van der Waals surface area contributed by atoms with Crippen molar-refractivity contribution in [2.75, 3.05) is 18.5 Å². The molecule has 0 saturated carbocycles. The minimum absolute atomic E-state index is 0.245. The molecule has 0 aliphatic heterocycles. The van der Waals surface area contributed by atoms with Gasteiger partial charge in [0, 0.05) is 17.5 Å². The Kier molecular flexibility index (Phi) is 4.64. The van der Waals surface area contributed by atoms with Crippen LogP contribution in [0, 0.1) is 0 Å². The van der Waals surface area contributed by atoms with Crippen molar-refractivity contribution >= 4 is 27.5 Å². The Morgan fingerprint density at radius 3 is 2.44 bits per heavy atom. The van der Waals surface area contributed by atoms with Gasteiger partial charge in [0.25, 0.3) is 0 Å². The Hall–Kier alpha value is -0.720. The lowest BCUT2D eigenvalue weighted by Gasteiger charge is -2.10. The molecule has 0 aliphatic carbocycles. The molecule has 0 bridgehead atoms. The molecule has 0 heterocycles. The molecule has 16 heavy (non-hydrogen) atoms. The Bertz CT molecular complexity index is 429. The Morgan fingerprint density at radius 2 is 1.94 bits per heavy atom. The summed E-state index contributed by atoms with van der Waals surface area (Å²) in [6.45, 7) is 2.39. The number of nitrogens with one attached hydrogen (secondary N) is 1. The lowest BCUT2D eigenvalue weighted by molar-refractivity contribution is 0.581. The molecule has 6 heteroatoms. The van der Waals surface area contributed by atoms with Crippen LogP contribution in [0.5, 0.6) is 0 Å². The Morgan fingerprint density at radius 1 is 1.38 bits per heavy atom. The monoisotopic (exact) mass is 260 g/mol. The first kappa shape index (κ1) is 13.3. The smallest absolute Gasteiger partial charge is 0.240 e. The van der Waals surface area contributed by atoms with Gasteiger partial charge >= 0.3 is 0 Å². The van der Waals surface area contributed by atoms with Crippen LogP contribution in [0.4, 0.5) is 5.69 Å². The predicted octanol–water partition coefficient (Wildman–Crippen LogP) is 1.30. The number of thioether (sulfide) groups is 1. The molecule has 1 aromatic rings. The zero-order chi connectivity index (χ0) is 12.2. The van der Waals surface area contributed by atoms with Crippen LogP contribution >= 0.6 is 11.8 Å². The van der Waals surface area contributed by atoms with Gasteiger partial charge in [-0.3, -0.25) is 0 Å². The molecule has 1 aromatic carbocycles. The van der Waals surface area contributed by atoms with E-state index in [2.05, 4.69) is 4.72 Å². The van der Waals surface area contributed by atoms with Gasteiger partial charge in [-0.2, -0.15) is 11.8 Å². The molecular weight excluding hydrogens is 244 g/mol. The average molecular weight is 260 g/mol. The molecule has 0 aromatic heterocycles. The summed E-state index contributed by atoms with van der Waals surface area (Å²) in [7, 11) is -3.40. The number of anilines is 1. The van der Waals surface area contributed by atoms with Gasteiger partial charge in [-0.25, -0.2) is 13.1 Å². The quantitative estimate of drug-likeness (QED) is 0.783. The van der Waals surface area contributed by atoms with E-state index in [1.165, 1.54) is 12.1 Å². The first-order chi connectivity index (χ1) is 7.45. The van der Waals surface area contributed by atoms with Gasteiger partial charge in [0.15, 0.2) is 0 Å². The van der Waals surface area contributed by atoms with Crippen LogP contribution in [-0.4, -0.2) is 26.5 Å². The van der Waals surface area contributed by atoms with Crippen molar-refractivity contribution in [1.29, 1.82) is 0 Å². The second-order valence-electron chi connectivity index (χ2n) is 3.47. The van der Waals surface area contributed by atoms with Crippen LogP contribution in [0.2, 0.25) is 0 Å². The van der Waals surface area contributed by atoms with Gasteiger partial charge in [-0.15, -0.1) is 0 Å². The van der Waals surface area contributed by atoms with Crippen molar-refractivity contribution in [2.24, 2.45) is 0 Å². The predicted molar refractivity (Wildman–Crippen MR) is 69.0 cm³/mol. The van der Waals surface area contributed by atoms with Crippen molar-refractivity contribution in [3.8, 4) is 0 Å². The number of sulfonamides is 1. The van der Waals surface area contributed by atoms with Crippen LogP contribution in [0.1, 0.15) is 6.92 Å². The summed E-state index contributed by atoms with van der Waals surface area (Å²) in [5.41, 5.74) is 6.05. The summed E-state index contributed by atoms with van der Waals surface area (Å²) < 4.78 is 26.2. The molecule has 0 amide bonds. The topological polar surface area (TPSA) is 72.2 Å². The number of benzene rings is 1. The van der Waals surface area contributed by atoms with E-state index in [0.717, 1.165) is 0 Å². The van der Waals surface area contributed by atoms with E-state index >= 15 is 0 Å². The average Bonchev–Trinajstić information content (AvgIpc) is 2.26. The summed E-state index contributed by atoms with van der Waals surface area (Å²) in [6.07, 6.45) is 1.95. The highest BCUT2D eigenvalue weighted by Gasteiger charge is 2.14. The third-order valence-electron chi connectivity index (χ3n) is 2.15. The van der Waals surface area contributed by atoms with Crippen LogP contribution < -0.4 is 10.5 Å². The van der Waals surface area contributed by atoms with Gasteiger partial charge in [-0.1, -0.05) is 6.92 Å². The fourth-order valence-electron chi connectivity index (χ4n) is 1.04. The molecular formula is C10H16N2O2S2. The summed E-state index contributed by atoms with van der Waals surface area (Å²) in [5.74, 6) is 0. The summed E-state index contributed by atoms with van der Waals surface area (Å²) in [6, 6.07) is 6.15. The number of hydrogen-bond acceptors (Lipinski definition) is 4. The van der Waals surface area contributed by atoms with Crippen LogP contribution in [0.25, 0.3) is 0 Å². The van der Waals surface area contributed by atoms with Crippen molar-refractivity contribution in [3.05, 3.63) is 24.3 Å². The first-order valence-corrected chi connectivity index (χ1v) is 7.61. The van der Waals surface area contributed by atoms with E-state index in [-0.39, 0.29) is 10.1 Å². The normalized spacial score (nSPS) is 13.6. The lowest BCUT2D eigenvalue weighted by Crippen LogP contribution is -2.29. The van der Waals surface area contributed by atoms with Gasteiger partial charge < -0.3 is 5.73 Å². The molecule has 90 valence electrons. The fourth-order valence-corrected chi connectivity index (χ4v) is 2.53. The van der Waals surface area contributed by atoms with Crippen molar-refractivity contribution < 1.29 is 8.42 Å². The zero-order valence-corrected chi connectivity index (χ0v) is 10.9. The molecule has 4 nitrogen and oxygen atoms in total. The fraction of sp³-hybridized carbons (Fsp3) is 0.400. The van der Waals surface area contributed by atoms with Crippen molar-refractivity contribution in [3.63, 3.8) is 0 Å². The molecule has 0 aliphatic rings. The van der Waals surface area contributed by atoms with E-state index in [1.807, 2.05) is 13.2 Å². The van der Waals surface area contributed by atoms with E-state index in [1.54, 1.807) is 23.9 Å². The molecule has 1 atom stereocenters. The van der Waals surface area contributed by atoms with Gasteiger partial charge in [0.05, 0.1) is 4.90 Å². The minimum Gasteiger partial charge on any atom is -0.399 e. The largest absolute Gasteiger partial charge is 0.399 e. The standard InChI is InChI=1S/C10H16N2O2S2/c1-8(15-2)7-12-16(13,14)10-5-3-9(11)4-6-10/h3-6,8,12H,7,11H2,1-2H3. The third-order valence-corrected chi connectivity index (χ3v) is 4.56. The molecule has 0 radical (unpaired) electrons. The van der Waals surface area contributed by atoms with Gasteiger partial charge in [-0.05, 0) is 30.5 Å². The number of nitrogens with two attached hydrogens (primary N) is 1. The van der Waals surface area contributed by atoms with E-state index in [4.69, 9.17) is 5.73 Å². The summed E-state index contributed by atoms with van der Waals surface area (Å²) >= 11 is 1.62. The van der Waals surface area contributed by atoms with Crippen molar-refractivity contribution in [1.82, 2.24) is 4.72 Å². The van der Waals surface area contributed by atoms with E-state index < -0.39 is 10.0 Å². The maximum Gasteiger partial charge on any atom is 0.240 e. The van der Waals surface area contributed by atoms with Gasteiger partial charge in [0.1, 0.15) is 0 Å². The maximum absolute atomic E-state index is 11.8. The number of rotatable bonds is 5. The Balaban J connectivity index is 2.74. The first-order valence-electron chi connectivity index (χ1n) is 4.83. The number of hydrogen-bond donors (Lipinski definition) is 2. The van der Waals surface area contributed by atoms with Crippen molar-refractivity contribution in [2.45, 2.75) is 17.1 Å². The van der Waals surface area contributed by atoms with E-state index in [9.17, 15) is 8.42 Å². The second-order valence-corrected chi connectivity index (χ2v) is 6.51. The highest BCUT2D eigenvalue weighted by Crippen LogP contribution is 2.12. The maximum atomic E-state index is 11.8. The van der Waals surface area contributed by atoms with Gasteiger partial charge in [0.2, 0.25) is 10.0 Å². The highest BCUT2D eigenvalue weighted by atomic mass is 32.2. The summed E-state index contributed by atoms with van der Waals surface area (Å²) in [4.78, 5) is 0.245. The zero-order valence-electron chi connectivity index (χ0n) is 9.30. The molecule has 3 N–H and O–H groups in total. The highest BCUT2D eigenvalue weighted by molar-refractivity contribution is 7.99. The number of nitrogen functional groups attached to an aromatic ring is 1. The van der Waals surface area contributed by atoms with Crippen LogP contribution in [0.15, 0.2) is 29.2 Å². The molecule has 1 unspecified atom stereocenters. The molecule has 0 spiro atoms. The SMILES string of the molecule is CSC(C)CNS(=O)(=O)c1ccc(N)cc1. The molecule has 0 saturated heterocycles. The Labute approximate surface area is 101 Å².